The normalized spacial score (nSPS) is 17.5. The lowest BCUT2D eigenvalue weighted by atomic mass is 9.71. The number of hydrogen-bond acceptors (Lipinski definition) is 3. The molecule has 3 rings (SSSR count). The molecule has 0 spiro atoms. The van der Waals surface area contributed by atoms with Gasteiger partial charge in [0.1, 0.15) is 16.9 Å². The van der Waals surface area contributed by atoms with Gasteiger partial charge in [-0.15, -0.1) is 0 Å². The standard InChI is InChI=1S/C13H10FNO2/c14-10-2-3-11-9(4-7-17-11)12(10)13(15-8-16)5-1-6-13/h2-4,7H,1,5-6H2. The van der Waals surface area contributed by atoms with Crippen LogP contribution in [0.4, 0.5) is 4.39 Å². The van der Waals surface area contributed by atoms with E-state index >= 15 is 0 Å². The van der Waals surface area contributed by atoms with E-state index in [9.17, 15) is 9.18 Å². The van der Waals surface area contributed by atoms with E-state index < -0.39 is 5.54 Å². The summed E-state index contributed by atoms with van der Waals surface area (Å²) in [6.07, 6.45) is 5.40. The van der Waals surface area contributed by atoms with Crippen molar-refractivity contribution in [3.63, 3.8) is 0 Å². The van der Waals surface area contributed by atoms with Crippen LogP contribution in [0.2, 0.25) is 0 Å². The van der Waals surface area contributed by atoms with E-state index in [1.165, 1.54) is 12.3 Å². The van der Waals surface area contributed by atoms with Gasteiger partial charge in [-0.05, 0) is 37.5 Å². The van der Waals surface area contributed by atoms with E-state index in [0.29, 0.717) is 29.4 Å². The van der Waals surface area contributed by atoms with Crippen LogP contribution in [0, 0.1) is 5.82 Å². The number of furan rings is 1. The summed E-state index contributed by atoms with van der Waals surface area (Å²) in [5.74, 6) is -0.336. The molecule has 0 radical (unpaired) electrons. The zero-order chi connectivity index (χ0) is 11.9. The van der Waals surface area contributed by atoms with Gasteiger partial charge in [0.05, 0.1) is 6.26 Å². The third kappa shape index (κ3) is 1.34. The monoisotopic (exact) mass is 231 g/mol. The van der Waals surface area contributed by atoms with Gasteiger partial charge in [0.25, 0.3) is 0 Å². The summed E-state index contributed by atoms with van der Waals surface area (Å²) < 4.78 is 19.3. The zero-order valence-electron chi connectivity index (χ0n) is 9.07. The van der Waals surface area contributed by atoms with Gasteiger partial charge in [0.2, 0.25) is 6.08 Å². The molecule has 0 amide bonds. The van der Waals surface area contributed by atoms with Crippen LogP contribution in [-0.2, 0) is 10.3 Å². The Labute approximate surface area is 96.9 Å². The van der Waals surface area contributed by atoms with Crippen LogP contribution in [0.3, 0.4) is 0 Å². The first-order valence-corrected chi connectivity index (χ1v) is 5.52. The van der Waals surface area contributed by atoms with Crippen molar-refractivity contribution in [2.24, 2.45) is 4.99 Å². The lowest BCUT2D eigenvalue weighted by molar-refractivity contribution is 0.250. The fourth-order valence-electron chi connectivity index (χ4n) is 2.51. The third-order valence-electron chi connectivity index (χ3n) is 3.49. The number of isocyanates is 1. The molecule has 86 valence electrons. The minimum atomic E-state index is -0.727. The maximum Gasteiger partial charge on any atom is 0.235 e. The van der Waals surface area contributed by atoms with Crippen LogP contribution in [0.1, 0.15) is 24.8 Å². The fourth-order valence-corrected chi connectivity index (χ4v) is 2.51. The molecule has 0 aliphatic heterocycles. The molecule has 4 heteroatoms. The molecular formula is C13H10FNO2. The van der Waals surface area contributed by atoms with Crippen molar-refractivity contribution < 1.29 is 13.6 Å². The first-order chi connectivity index (χ1) is 8.27. The van der Waals surface area contributed by atoms with Crippen LogP contribution < -0.4 is 0 Å². The summed E-state index contributed by atoms with van der Waals surface area (Å²) in [5.41, 5.74) is 0.363. The van der Waals surface area contributed by atoms with Gasteiger partial charge in [-0.2, -0.15) is 4.99 Å². The van der Waals surface area contributed by atoms with Crippen LogP contribution in [0.25, 0.3) is 11.0 Å². The second kappa shape index (κ2) is 3.54. The van der Waals surface area contributed by atoms with E-state index in [1.807, 2.05) is 0 Å². The van der Waals surface area contributed by atoms with Gasteiger partial charge in [-0.3, -0.25) is 0 Å². The summed E-state index contributed by atoms with van der Waals surface area (Å²) in [6, 6.07) is 4.67. The minimum absolute atomic E-state index is 0.336. The topological polar surface area (TPSA) is 42.6 Å². The summed E-state index contributed by atoms with van der Waals surface area (Å²) in [4.78, 5) is 14.4. The van der Waals surface area contributed by atoms with Crippen LogP contribution >= 0.6 is 0 Å². The molecule has 1 aromatic carbocycles. The Bertz CT molecular complexity index is 621. The molecule has 2 aromatic rings. The lowest BCUT2D eigenvalue weighted by Gasteiger charge is -2.37. The van der Waals surface area contributed by atoms with Crippen molar-refractivity contribution in [1.82, 2.24) is 0 Å². The minimum Gasteiger partial charge on any atom is -0.464 e. The summed E-state index contributed by atoms with van der Waals surface area (Å²) >= 11 is 0. The molecule has 0 unspecified atom stereocenters. The highest BCUT2D eigenvalue weighted by molar-refractivity contribution is 5.82. The Morgan fingerprint density at radius 2 is 2.18 bits per heavy atom. The molecular weight excluding hydrogens is 221 g/mol. The average Bonchev–Trinajstić information content (AvgIpc) is 2.72. The van der Waals surface area contributed by atoms with Crippen molar-refractivity contribution in [3.05, 3.63) is 35.8 Å². The zero-order valence-corrected chi connectivity index (χ0v) is 9.07. The SMILES string of the molecule is O=C=NC1(c2c(F)ccc3occc23)CCC1. The number of aliphatic imine (C=N–C) groups is 1. The Hall–Kier alpha value is -1.93. The maximum absolute atomic E-state index is 14.0. The Morgan fingerprint density at radius 1 is 1.35 bits per heavy atom. The fraction of sp³-hybridized carbons (Fsp3) is 0.308. The largest absolute Gasteiger partial charge is 0.464 e. The van der Waals surface area contributed by atoms with E-state index in [-0.39, 0.29) is 5.82 Å². The van der Waals surface area contributed by atoms with Gasteiger partial charge in [-0.25, -0.2) is 9.18 Å². The second-order valence-electron chi connectivity index (χ2n) is 4.34. The quantitative estimate of drug-likeness (QED) is 0.588. The first kappa shape index (κ1) is 10.2. The molecule has 1 heterocycles. The van der Waals surface area contributed by atoms with Crippen molar-refractivity contribution in [1.29, 1.82) is 0 Å². The molecule has 0 atom stereocenters. The second-order valence-corrected chi connectivity index (χ2v) is 4.34. The number of hydrogen-bond donors (Lipinski definition) is 0. The maximum atomic E-state index is 14.0. The van der Waals surface area contributed by atoms with Gasteiger partial charge in [0.15, 0.2) is 0 Å². The molecule has 1 aromatic heterocycles. The van der Waals surface area contributed by atoms with Gasteiger partial charge in [-0.1, -0.05) is 0 Å². The number of nitrogens with zero attached hydrogens (tertiary/aromatic N) is 1. The number of fused-ring (bicyclic) bond motifs is 1. The van der Waals surface area contributed by atoms with Crippen LogP contribution in [0.5, 0.6) is 0 Å². The molecule has 1 aliphatic carbocycles. The van der Waals surface area contributed by atoms with Crippen molar-refractivity contribution in [3.8, 4) is 0 Å². The third-order valence-corrected chi connectivity index (χ3v) is 3.49. The molecule has 0 bridgehead atoms. The van der Waals surface area contributed by atoms with E-state index in [0.717, 1.165) is 6.42 Å². The summed E-state index contributed by atoms with van der Waals surface area (Å²) in [7, 11) is 0. The molecule has 1 aliphatic rings. The average molecular weight is 231 g/mol. The molecule has 1 saturated carbocycles. The van der Waals surface area contributed by atoms with Gasteiger partial charge in [0, 0.05) is 10.9 Å². The van der Waals surface area contributed by atoms with Crippen molar-refractivity contribution in [2.45, 2.75) is 24.8 Å². The van der Waals surface area contributed by atoms with Crippen molar-refractivity contribution in [2.75, 3.05) is 0 Å². The van der Waals surface area contributed by atoms with Gasteiger partial charge >= 0.3 is 0 Å². The Morgan fingerprint density at radius 3 is 2.82 bits per heavy atom. The Kier molecular flexibility index (Phi) is 2.13. The number of rotatable bonds is 2. The predicted octanol–water partition coefficient (Wildman–Crippen LogP) is 3.29. The summed E-state index contributed by atoms with van der Waals surface area (Å²) in [5, 5.41) is 0.698. The van der Waals surface area contributed by atoms with E-state index in [1.54, 1.807) is 18.2 Å². The van der Waals surface area contributed by atoms with Crippen molar-refractivity contribution >= 4 is 17.0 Å². The number of carbonyl (C=O) groups excluding carboxylic acids is 1. The first-order valence-electron chi connectivity index (χ1n) is 5.52. The lowest BCUT2D eigenvalue weighted by Crippen LogP contribution is -2.33. The molecule has 17 heavy (non-hydrogen) atoms. The molecule has 0 saturated heterocycles. The smallest absolute Gasteiger partial charge is 0.235 e. The number of benzene rings is 1. The molecule has 0 N–H and O–H groups in total. The van der Waals surface area contributed by atoms with Gasteiger partial charge < -0.3 is 4.42 Å². The molecule has 3 nitrogen and oxygen atoms in total. The highest BCUT2D eigenvalue weighted by atomic mass is 19.1. The summed E-state index contributed by atoms with van der Waals surface area (Å²) in [6.45, 7) is 0. The highest BCUT2D eigenvalue weighted by Crippen LogP contribution is 2.48. The van der Waals surface area contributed by atoms with Crippen LogP contribution in [0.15, 0.2) is 33.9 Å². The Balaban J connectivity index is 2.31. The predicted molar refractivity (Wildman–Crippen MR) is 59.8 cm³/mol. The van der Waals surface area contributed by atoms with E-state index in [4.69, 9.17) is 4.42 Å². The van der Waals surface area contributed by atoms with Crippen LogP contribution in [-0.4, -0.2) is 6.08 Å². The highest BCUT2D eigenvalue weighted by Gasteiger charge is 2.42. The number of halogens is 1. The molecule has 1 fully saturated rings. The van der Waals surface area contributed by atoms with E-state index in [2.05, 4.69) is 4.99 Å².